The molecule has 1 atom stereocenters. The van der Waals surface area contributed by atoms with Gasteiger partial charge >= 0.3 is 12.1 Å². The van der Waals surface area contributed by atoms with E-state index < -0.39 is 23.7 Å². The first kappa shape index (κ1) is 19.8. The molecule has 1 unspecified atom stereocenters. The highest BCUT2D eigenvalue weighted by Gasteiger charge is 2.34. The van der Waals surface area contributed by atoms with Crippen LogP contribution in [0.2, 0.25) is 5.02 Å². The SMILES string of the molecule is CCCN(C(=O)OC(C)(C)C)C(C(=O)O)c1ccc(Br)cc1Cl. The van der Waals surface area contributed by atoms with Gasteiger partial charge in [0.15, 0.2) is 6.04 Å². The molecule has 1 aromatic rings. The van der Waals surface area contributed by atoms with E-state index in [4.69, 9.17) is 16.3 Å². The van der Waals surface area contributed by atoms with Crippen molar-refractivity contribution < 1.29 is 19.4 Å². The second-order valence-electron chi connectivity index (χ2n) is 6.08. The first-order chi connectivity index (χ1) is 10.6. The maximum Gasteiger partial charge on any atom is 0.411 e. The minimum atomic E-state index is -1.20. The number of amides is 1. The Balaban J connectivity index is 3.26. The third-order valence-electron chi connectivity index (χ3n) is 2.90. The van der Waals surface area contributed by atoms with Gasteiger partial charge in [-0.25, -0.2) is 9.59 Å². The van der Waals surface area contributed by atoms with Crippen molar-refractivity contribution in [1.82, 2.24) is 4.90 Å². The second-order valence-corrected chi connectivity index (χ2v) is 7.40. The topological polar surface area (TPSA) is 66.8 Å². The van der Waals surface area contributed by atoms with E-state index in [1.165, 1.54) is 4.90 Å². The van der Waals surface area contributed by atoms with Crippen LogP contribution in [-0.4, -0.2) is 34.2 Å². The Morgan fingerprint density at radius 2 is 2.00 bits per heavy atom. The van der Waals surface area contributed by atoms with Crippen LogP contribution >= 0.6 is 27.5 Å². The number of ether oxygens (including phenoxy) is 1. The number of carbonyl (C=O) groups is 2. The molecule has 0 saturated heterocycles. The van der Waals surface area contributed by atoms with Gasteiger partial charge in [-0.2, -0.15) is 0 Å². The molecule has 7 heteroatoms. The average molecular weight is 407 g/mol. The summed E-state index contributed by atoms with van der Waals surface area (Å²) in [7, 11) is 0. The van der Waals surface area contributed by atoms with Gasteiger partial charge < -0.3 is 9.84 Å². The van der Waals surface area contributed by atoms with Crippen molar-refractivity contribution in [3.05, 3.63) is 33.3 Å². The Morgan fingerprint density at radius 3 is 2.43 bits per heavy atom. The molecule has 1 aromatic carbocycles. The Morgan fingerprint density at radius 1 is 1.39 bits per heavy atom. The number of rotatable bonds is 5. The highest BCUT2D eigenvalue weighted by molar-refractivity contribution is 9.10. The van der Waals surface area contributed by atoms with Crippen LogP contribution in [-0.2, 0) is 9.53 Å². The Bertz CT molecular complexity index is 586. The second kappa shape index (κ2) is 8.02. The van der Waals surface area contributed by atoms with Crippen LogP contribution in [0.4, 0.5) is 4.79 Å². The Hall–Kier alpha value is -1.27. The zero-order chi connectivity index (χ0) is 17.8. The molecule has 0 spiro atoms. The summed E-state index contributed by atoms with van der Waals surface area (Å²) in [4.78, 5) is 25.4. The Labute approximate surface area is 149 Å². The average Bonchev–Trinajstić information content (AvgIpc) is 2.38. The quantitative estimate of drug-likeness (QED) is 0.757. The van der Waals surface area contributed by atoms with Crippen molar-refractivity contribution >= 4 is 39.6 Å². The summed E-state index contributed by atoms with van der Waals surface area (Å²) in [5, 5.41) is 9.92. The molecule has 1 N–H and O–H groups in total. The molecular formula is C16H21BrClNO4. The summed E-state index contributed by atoms with van der Waals surface area (Å²) >= 11 is 9.46. The molecule has 5 nitrogen and oxygen atoms in total. The standard InChI is InChI=1S/C16H21BrClNO4/c1-5-8-19(15(22)23-16(2,3)4)13(14(20)21)11-7-6-10(17)9-12(11)18/h6-7,9,13H,5,8H2,1-4H3,(H,20,21). The van der Waals surface area contributed by atoms with Crippen LogP contribution in [0, 0.1) is 0 Å². The lowest BCUT2D eigenvalue weighted by atomic mass is 10.1. The molecule has 0 heterocycles. The maximum absolute atomic E-state index is 12.4. The van der Waals surface area contributed by atoms with E-state index in [2.05, 4.69) is 15.9 Å². The summed E-state index contributed by atoms with van der Waals surface area (Å²) in [5.41, 5.74) is -0.364. The van der Waals surface area contributed by atoms with Crippen LogP contribution in [0.3, 0.4) is 0 Å². The highest BCUT2D eigenvalue weighted by atomic mass is 79.9. The van der Waals surface area contributed by atoms with Gasteiger partial charge in [-0.05, 0) is 39.3 Å². The third-order valence-corrected chi connectivity index (χ3v) is 3.72. The smallest absolute Gasteiger partial charge is 0.411 e. The lowest BCUT2D eigenvalue weighted by Crippen LogP contribution is -2.42. The van der Waals surface area contributed by atoms with E-state index in [0.29, 0.717) is 12.0 Å². The lowest BCUT2D eigenvalue weighted by molar-refractivity contribution is -0.143. The normalized spacial score (nSPS) is 12.6. The van der Waals surface area contributed by atoms with Crippen molar-refractivity contribution in [3.8, 4) is 0 Å². The van der Waals surface area contributed by atoms with E-state index in [-0.39, 0.29) is 11.6 Å². The van der Waals surface area contributed by atoms with E-state index in [0.717, 1.165) is 4.47 Å². The summed E-state index contributed by atoms with van der Waals surface area (Å²) in [5.74, 6) is -1.16. The maximum atomic E-state index is 12.4. The van der Waals surface area contributed by atoms with Crippen LogP contribution in [0.1, 0.15) is 45.7 Å². The summed E-state index contributed by atoms with van der Waals surface area (Å²) in [6.45, 7) is 7.31. The number of carbonyl (C=O) groups excluding carboxylic acids is 1. The molecule has 128 valence electrons. The first-order valence-corrected chi connectivity index (χ1v) is 8.41. The molecule has 0 aliphatic carbocycles. The zero-order valence-electron chi connectivity index (χ0n) is 13.6. The lowest BCUT2D eigenvalue weighted by Gasteiger charge is -2.31. The van der Waals surface area contributed by atoms with Gasteiger partial charge in [0.2, 0.25) is 0 Å². The molecule has 0 saturated carbocycles. The third kappa shape index (κ3) is 5.70. The van der Waals surface area contributed by atoms with Gasteiger partial charge in [-0.3, -0.25) is 4.90 Å². The van der Waals surface area contributed by atoms with E-state index in [1.807, 2.05) is 6.92 Å². The largest absolute Gasteiger partial charge is 0.479 e. The molecule has 0 aliphatic rings. The van der Waals surface area contributed by atoms with Crippen LogP contribution in [0.5, 0.6) is 0 Å². The number of halogens is 2. The minimum Gasteiger partial charge on any atom is -0.479 e. The van der Waals surface area contributed by atoms with E-state index in [9.17, 15) is 14.7 Å². The fourth-order valence-corrected chi connectivity index (χ4v) is 2.82. The molecule has 0 aliphatic heterocycles. The summed E-state index contributed by atoms with van der Waals surface area (Å²) in [6.07, 6.45) is -0.0808. The fraction of sp³-hybridized carbons (Fsp3) is 0.500. The predicted octanol–water partition coefficient (Wildman–Crippen LogP) is 4.88. The Kier molecular flexibility index (Phi) is 6.89. The monoisotopic (exact) mass is 405 g/mol. The number of benzene rings is 1. The highest BCUT2D eigenvalue weighted by Crippen LogP contribution is 2.31. The van der Waals surface area contributed by atoms with Gasteiger partial charge in [-0.15, -0.1) is 0 Å². The first-order valence-electron chi connectivity index (χ1n) is 7.24. The van der Waals surface area contributed by atoms with Crippen LogP contribution in [0.15, 0.2) is 22.7 Å². The van der Waals surface area contributed by atoms with Gasteiger partial charge in [-0.1, -0.05) is 40.5 Å². The van der Waals surface area contributed by atoms with Crippen LogP contribution in [0.25, 0.3) is 0 Å². The number of hydrogen-bond donors (Lipinski definition) is 1. The fourth-order valence-electron chi connectivity index (χ4n) is 2.04. The van der Waals surface area contributed by atoms with Gasteiger partial charge in [0.1, 0.15) is 5.60 Å². The van der Waals surface area contributed by atoms with Gasteiger partial charge in [0.05, 0.1) is 0 Å². The molecule has 1 amide bonds. The summed E-state index contributed by atoms with van der Waals surface area (Å²) in [6, 6.07) is 3.69. The van der Waals surface area contributed by atoms with Gasteiger partial charge in [0.25, 0.3) is 0 Å². The minimum absolute atomic E-state index is 0.248. The summed E-state index contributed by atoms with van der Waals surface area (Å²) < 4.78 is 6.07. The van der Waals surface area contributed by atoms with Crippen molar-refractivity contribution in [2.45, 2.75) is 45.8 Å². The number of carboxylic acid groups (broad SMARTS) is 1. The number of aliphatic carboxylic acids is 1. The molecule has 23 heavy (non-hydrogen) atoms. The molecule has 0 bridgehead atoms. The number of carboxylic acids is 1. The zero-order valence-corrected chi connectivity index (χ0v) is 15.9. The van der Waals surface area contributed by atoms with Crippen molar-refractivity contribution in [3.63, 3.8) is 0 Å². The van der Waals surface area contributed by atoms with Crippen molar-refractivity contribution in [2.24, 2.45) is 0 Å². The molecular weight excluding hydrogens is 386 g/mol. The van der Waals surface area contributed by atoms with Gasteiger partial charge in [0, 0.05) is 21.6 Å². The van der Waals surface area contributed by atoms with Crippen LogP contribution < -0.4 is 0 Å². The van der Waals surface area contributed by atoms with Crippen molar-refractivity contribution in [1.29, 1.82) is 0 Å². The molecule has 0 radical (unpaired) electrons. The van der Waals surface area contributed by atoms with E-state index >= 15 is 0 Å². The molecule has 0 aromatic heterocycles. The molecule has 0 fully saturated rings. The van der Waals surface area contributed by atoms with Crippen molar-refractivity contribution in [2.75, 3.05) is 6.54 Å². The van der Waals surface area contributed by atoms with E-state index in [1.54, 1.807) is 39.0 Å². The number of hydrogen-bond acceptors (Lipinski definition) is 3. The predicted molar refractivity (Wildman–Crippen MR) is 92.8 cm³/mol. The number of nitrogens with zero attached hydrogens (tertiary/aromatic N) is 1. The molecule has 1 rings (SSSR count).